The van der Waals surface area contributed by atoms with Gasteiger partial charge in [-0.15, -0.1) is 5.10 Å². The molecule has 0 aromatic carbocycles. The second-order valence-corrected chi connectivity index (χ2v) is 0.756. The zero-order valence-electron chi connectivity index (χ0n) is 4.52. The Balaban J connectivity index is 0. The molecule has 54 valence electrons. The highest BCUT2D eigenvalue weighted by molar-refractivity contribution is 5.75. The van der Waals surface area contributed by atoms with E-state index in [-0.39, 0.29) is 12.4 Å². The molecule has 0 heterocycles. The van der Waals surface area contributed by atoms with Crippen LogP contribution >= 0.6 is 0 Å². The van der Waals surface area contributed by atoms with E-state index in [2.05, 4.69) is 15.8 Å². The summed E-state index contributed by atoms with van der Waals surface area (Å²) in [5.41, 5.74) is 9.39. The third kappa shape index (κ3) is 58.5. The second-order valence-electron chi connectivity index (χ2n) is 0.756. The lowest BCUT2D eigenvalue weighted by molar-refractivity contribution is -0.217. The van der Waals surface area contributed by atoms with Crippen molar-refractivity contribution in [1.82, 2.24) is 0 Å². The number of carbonyl (C=O) groups excluding carboxylic acids is 1. The number of nitrogens with two attached hydrogens (primary N) is 3. The van der Waals surface area contributed by atoms with Gasteiger partial charge in [0.15, 0.2) is 0 Å². The Morgan fingerprint density at radius 3 is 1.89 bits per heavy atom. The van der Waals surface area contributed by atoms with Crippen LogP contribution in [0.3, 0.4) is 0 Å². The Morgan fingerprint density at radius 1 is 1.67 bits per heavy atom. The predicted octanol–water partition coefficient (Wildman–Crippen LogP) is -2.23. The highest BCUT2D eigenvalue weighted by Gasteiger charge is 1.62. The minimum atomic E-state index is -0.0926. The maximum atomic E-state index is 8.70. The maximum absolute atomic E-state index is 8.70. The highest BCUT2D eigenvalue weighted by atomic mass is 17.1. The first-order valence-electron chi connectivity index (χ1n) is 1.71. The molecule has 0 aliphatic heterocycles. The standard InChI is InChI=1S/CH6N4.CH2O3/c2-1(3)5-4;2-1-4-3/h4H2,(H4,2,3,5);1,3H. The van der Waals surface area contributed by atoms with Crippen LogP contribution in [-0.4, -0.2) is 17.7 Å². The van der Waals surface area contributed by atoms with Gasteiger partial charge in [-0.05, 0) is 0 Å². The average Bonchev–Trinajstić information content (AvgIpc) is 1.89. The van der Waals surface area contributed by atoms with Crippen LogP contribution < -0.4 is 17.3 Å². The molecule has 0 fully saturated rings. The van der Waals surface area contributed by atoms with Crippen molar-refractivity contribution in [2.45, 2.75) is 0 Å². The summed E-state index contributed by atoms with van der Waals surface area (Å²) in [6.45, 7) is -0.0694. The van der Waals surface area contributed by atoms with Crippen molar-refractivity contribution in [2.24, 2.45) is 22.4 Å². The molecule has 0 unspecified atom stereocenters. The number of guanidine groups is 1. The summed E-state index contributed by atoms with van der Waals surface area (Å²) in [6.07, 6.45) is 0. The van der Waals surface area contributed by atoms with Gasteiger partial charge < -0.3 is 22.2 Å². The molecule has 0 bridgehead atoms. The maximum Gasteiger partial charge on any atom is 0.330 e. The van der Waals surface area contributed by atoms with Crippen molar-refractivity contribution in [3.63, 3.8) is 0 Å². The van der Waals surface area contributed by atoms with E-state index in [1.54, 1.807) is 0 Å². The summed E-state index contributed by atoms with van der Waals surface area (Å²) in [4.78, 5) is 11.6. The van der Waals surface area contributed by atoms with E-state index >= 15 is 0 Å². The molecule has 0 atom stereocenters. The molecular formula is C2H8N4O3. The van der Waals surface area contributed by atoms with Crippen molar-refractivity contribution >= 4 is 12.4 Å². The number of hydrogen-bond acceptors (Lipinski definition) is 5. The van der Waals surface area contributed by atoms with Crippen molar-refractivity contribution in [3.05, 3.63) is 0 Å². The summed E-state index contributed by atoms with van der Waals surface area (Å²) < 4.78 is 0. The second kappa shape index (κ2) is 9.71. The monoisotopic (exact) mass is 136 g/mol. The Bertz CT molecular complexity index is 87.8. The Morgan fingerprint density at radius 2 is 1.89 bits per heavy atom. The number of nitrogens with zero attached hydrogens (tertiary/aromatic N) is 1. The molecule has 7 N–H and O–H groups in total. The van der Waals surface area contributed by atoms with Crippen LogP contribution in [0.1, 0.15) is 0 Å². The number of carbonyl (C=O) groups is 1. The van der Waals surface area contributed by atoms with Gasteiger partial charge in [-0.1, -0.05) is 0 Å². The van der Waals surface area contributed by atoms with Gasteiger partial charge in [0.2, 0.25) is 5.96 Å². The molecule has 0 aliphatic carbocycles. The van der Waals surface area contributed by atoms with E-state index in [0.29, 0.717) is 0 Å². The summed E-state index contributed by atoms with van der Waals surface area (Å²) >= 11 is 0. The summed E-state index contributed by atoms with van der Waals surface area (Å²) in [7, 11) is 0. The lowest BCUT2D eigenvalue weighted by atomic mass is 11.1. The van der Waals surface area contributed by atoms with E-state index in [9.17, 15) is 0 Å². The van der Waals surface area contributed by atoms with Crippen LogP contribution in [0.25, 0.3) is 0 Å². The van der Waals surface area contributed by atoms with Crippen LogP contribution in [0.2, 0.25) is 0 Å². The average molecular weight is 136 g/mol. The van der Waals surface area contributed by atoms with Crippen LogP contribution in [0.5, 0.6) is 0 Å². The molecule has 0 aromatic rings. The van der Waals surface area contributed by atoms with Crippen LogP contribution in [0.15, 0.2) is 5.10 Å². The normalized spacial score (nSPS) is 5.89. The molecule has 0 aromatic heterocycles. The lowest BCUT2D eigenvalue weighted by Gasteiger charge is -1.76. The fourth-order valence-corrected chi connectivity index (χ4v) is 0. The van der Waals surface area contributed by atoms with Crippen molar-refractivity contribution in [3.8, 4) is 0 Å². The van der Waals surface area contributed by atoms with E-state index in [0.717, 1.165) is 0 Å². The molecule has 0 amide bonds. The summed E-state index contributed by atoms with van der Waals surface area (Å²) in [5, 5.41) is 9.87. The minimum Gasteiger partial charge on any atom is -0.369 e. The first kappa shape index (κ1) is 10.5. The SMILES string of the molecule is NN=C(N)N.O=COO. The smallest absolute Gasteiger partial charge is 0.330 e. The van der Waals surface area contributed by atoms with E-state index in [1.165, 1.54) is 0 Å². The fourth-order valence-electron chi connectivity index (χ4n) is 0. The number of hydrogen-bond donors (Lipinski definition) is 4. The van der Waals surface area contributed by atoms with Crippen LogP contribution in [-0.2, 0) is 9.68 Å². The molecule has 7 nitrogen and oxygen atoms in total. The minimum absolute atomic E-state index is 0.0694. The van der Waals surface area contributed by atoms with E-state index in [4.69, 9.17) is 21.5 Å². The van der Waals surface area contributed by atoms with E-state index in [1.807, 2.05) is 0 Å². The molecule has 0 aliphatic rings. The molecular weight excluding hydrogens is 128 g/mol. The molecule has 0 saturated carbocycles. The van der Waals surface area contributed by atoms with Crippen LogP contribution in [0, 0.1) is 0 Å². The lowest BCUT2D eigenvalue weighted by Crippen LogP contribution is -2.23. The Labute approximate surface area is 51.0 Å². The summed E-state index contributed by atoms with van der Waals surface area (Å²) in [6, 6.07) is 0. The van der Waals surface area contributed by atoms with Gasteiger partial charge in [-0.2, -0.15) is 0 Å². The number of hydrazone groups is 1. The third-order valence-corrected chi connectivity index (χ3v) is 0.192. The van der Waals surface area contributed by atoms with Gasteiger partial charge in [0.25, 0.3) is 0 Å². The molecule has 0 rings (SSSR count). The quantitative estimate of drug-likeness (QED) is 0.0803. The van der Waals surface area contributed by atoms with Crippen molar-refractivity contribution in [2.75, 3.05) is 0 Å². The van der Waals surface area contributed by atoms with Gasteiger partial charge in [-0.25, -0.2) is 5.26 Å². The first-order chi connectivity index (χ1) is 4.18. The van der Waals surface area contributed by atoms with Gasteiger partial charge in [0, 0.05) is 0 Å². The molecule has 9 heavy (non-hydrogen) atoms. The first-order valence-corrected chi connectivity index (χ1v) is 1.71. The van der Waals surface area contributed by atoms with Crippen molar-refractivity contribution in [1.29, 1.82) is 0 Å². The highest BCUT2D eigenvalue weighted by Crippen LogP contribution is 1.33. The fraction of sp³-hybridized carbons (Fsp3) is 0. The van der Waals surface area contributed by atoms with Gasteiger partial charge in [0.05, 0.1) is 0 Å². The zero-order valence-corrected chi connectivity index (χ0v) is 4.52. The Hall–Kier alpha value is -1.50. The predicted molar refractivity (Wildman–Crippen MR) is 29.8 cm³/mol. The molecule has 0 spiro atoms. The number of rotatable bonds is 1. The van der Waals surface area contributed by atoms with Crippen molar-refractivity contribution < 1.29 is 14.9 Å². The zero-order chi connectivity index (χ0) is 7.70. The Kier molecular flexibility index (Phi) is 11.3. The van der Waals surface area contributed by atoms with E-state index < -0.39 is 0 Å². The van der Waals surface area contributed by atoms with Gasteiger partial charge in [0.1, 0.15) is 0 Å². The largest absolute Gasteiger partial charge is 0.369 e. The van der Waals surface area contributed by atoms with Crippen LogP contribution in [0.4, 0.5) is 0 Å². The molecule has 0 radical (unpaired) electrons. The topological polar surface area (TPSA) is 137 Å². The summed E-state index contributed by atoms with van der Waals surface area (Å²) in [5.74, 6) is 4.42. The molecule has 7 heteroatoms. The van der Waals surface area contributed by atoms with Gasteiger partial charge >= 0.3 is 6.47 Å². The molecule has 0 saturated heterocycles. The third-order valence-electron chi connectivity index (χ3n) is 0.192. The van der Waals surface area contributed by atoms with Gasteiger partial charge in [-0.3, -0.25) is 4.79 Å².